The first-order chi connectivity index (χ1) is 16.8. The Morgan fingerprint density at radius 2 is 1.80 bits per heavy atom. The van der Waals surface area contributed by atoms with E-state index in [2.05, 4.69) is 22.3 Å². The quantitative estimate of drug-likeness (QED) is 0.308. The van der Waals surface area contributed by atoms with Crippen molar-refractivity contribution in [3.05, 3.63) is 65.5 Å². The topological polar surface area (TPSA) is 160 Å². The van der Waals surface area contributed by atoms with Gasteiger partial charge in [0.05, 0.1) is 12.1 Å². The molecule has 1 amide bonds. The second kappa shape index (κ2) is 11.9. The van der Waals surface area contributed by atoms with Gasteiger partial charge in [-0.05, 0) is 35.6 Å². The fourth-order valence-electron chi connectivity index (χ4n) is 3.56. The predicted octanol–water partition coefficient (Wildman–Crippen LogP) is 3.16. The molecule has 0 radical (unpaired) electrons. The second-order valence-electron chi connectivity index (χ2n) is 8.19. The number of hydrogen-bond donors (Lipinski definition) is 4. The number of nitrogens with one attached hydrogen (secondary N) is 1. The summed E-state index contributed by atoms with van der Waals surface area (Å²) in [6.45, 7) is 2.50. The summed E-state index contributed by atoms with van der Waals surface area (Å²) in [5, 5.41) is 25.3. The van der Waals surface area contributed by atoms with E-state index in [1.165, 1.54) is 0 Å². The van der Waals surface area contributed by atoms with E-state index in [1.807, 2.05) is 24.3 Å². The number of anilines is 1. The van der Waals surface area contributed by atoms with Crippen molar-refractivity contribution < 1.29 is 24.6 Å². The molecule has 35 heavy (non-hydrogen) atoms. The van der Waals surface area contributed by atoms with Crippen LogP contribution >= 0.6 is 0 Å². The van der Waals surface area contributed by atoms with Crippen LogP contribution in [0.3, 0.4) is 0 Å². The molecule has 0 aliphatic carbocycles. The first-order valence-corrected chi connectivity index (χ1v) is 11.4. The van der Waals surface area contributed by atoms with E-state index in [0.717, 1.165) is 29.8 Å². The molecule has 3 aromatic rings. The first-order valence-electron chi connectivity index (χ1n) is 11.4. The van der Waals surface area contributed by atoms with Crippen LogP contribution in [0.15, 0.2) is 48.5 Å². The molecule has 0 saturated heterocycles. The van der Waals surface area contributed by atoms with E-state index < -0.39 is 23.9 Å². The Balaban J connectivity index is 1.74. The van der Waals surface area contributed by atoms with E-state index >= 15 is 0 Å². The van der Waals surface area contributed by atoms with E-state index in [0.29, 0.717) is 18.5 Å². The average Bonchev–Trinajstić information content (AvgIpc) is 3.21. The van der Waals surface area contributed by atoms with Crippen molar-refractivity contribution >= 4 is 23.8 Å². The number of aromatic nitrogens is 3. The maximum atomic E-state index is 12.2. The van der Waals surface area contributed by atoms with Crippen molar-refractivity contribution in [2.24, 2.45) is 5.73 Å². The molecule has 2 aromatic carbocycles. The third kappa shape index (κ3) is 6.97. The van der Waals surface area contributed by atoms with Crippen molar-refractivity contribution in [2.75, 3.05) is 5.32 Å². The van der Waals surface area contributed by atoms with Gasteiger partial charge >= 0.3 is 11.9 Å². The number of nitrogens with two attached hydrogens (primary N) is 1. The number of benzene rings is 2. The van der Waals surface area contributed by atoms with Crippen molar-refractivity contribution in [3.63, 3.8) is 0 Å². The van der Waals surface area contributed by atoms with Gasteiger partial charge in [-0.2, -0.15) is 4.98 Å². The summed E-state index contributed by atoms with van der Waals surface area (Å²) >= 11 is 0. The number of amides is 1. The monoisotopic (exact) mass is 479 g/mol. The van der Waals surface area contributed by atoms with Gasteiger partial charge in [0.25, 0.3) is 0 Å². The lowest BCUT2D eigenvalue weighted by Crippen LogP contribution is -2.31. The predicted molar refractivity (Wildman–Crippen MR) is 130 cm³/mol. The summed E-state index contributed by atoms with van der Waals surface area (Å²) in [6, 6.07) is 13.3. The third-order valence-corrected chi connectivity index (χ3v) is 5.51. The molecular weight excluding hydrogens is 450 g/mol. The van der Waals surface area contributed by atoms with E-state index in [1.54, 1.807) is 28.9 Å². The van der Waals surface area contributed by atoms with Gasteiger partial charge in [0.1, 0.15) is 11.9 Å². The molecule has 184 valence electrons. The number of aromatic carboxylic acids is 1. The minimum Gasteiger partial charge on any atom is -0.480 e. The molecule has 1 heterocycles. The number of carboxylic acids is 2. The number of nitrogens with zero attached hydrogens (tertiary/aromatic N) is 3. The molecule has 1 unspecified atom stereocenters. The van der Waals surface area contributed by atoms with E-state index in [4.69, 9.17) is 10.8 Å². The van der Waals surface area contributed by atoms with Crippen molar-refractivity contribution in [3.8, 4) is 11.1 Å². The Morgan fingerprint density at radius 1 is 1.09 bits per heavy atom. The average molecular weight is 480 g/mol. The molecule has 0 bridgehead atoms. The summed E-state index contributed by atoms with van der Waals surface area (Å²) in [7, 11) is 0. The zero-order valence-electron chi connectivity index (χ0n) is 19.5. The molecule has 10 nitrogen and oxygen atoms in total. The maximum absolute atomic E-state index is 12.2. The lowest BCUT2D eigenvalue weighted by molar-refractivity contribution is -0.138. The Bertz CT molecular complexity index is 1190. The Labute approximate surface area is 202 Å². The summed E-state index contributed by atoms with van der Waals surface area (Å²) in [6.07, 6.45) is 2.53. The minimum atomic E-state index is -1.15. The summed E-state index contributed by atoms with van der Waals surface area (Å²) in [4.78, 5) is 39.0. The van der Waals surface area contributed by atoms with Gasteiger partial charge in [-0.25, -0.2) is 9.48 Å². The molecule has 1 aromatic heterocycles. The molecule has 10 heteroatoms. The molecule has 5 N–H and O–H groups in total. The number of carboxylic acid groups (broad SMARTS) is 2. The number of carbonyl (C=O) groups is 3. The van der Waals surface area contributed by atoms with Gasteiger partial charge in [0.2, 0.25) is 11.9 Å². The van der Waals surface area contributed by atoms with Gasteiger partial charge in [0, 0.05) is 12.8 Å². The highest BCUT2D eigenvalue weighted by atomic mass is 16.4. The van der Waals surface area contributed by atoms with Crippen LogP contribution in [-0.4, -0.2) is 48.9 Å². The van der Waals surface area contributed by atoms with Gasteiger partial charge < -0.3 is 15.9 Å². The smallest absolute Gasteiger partial charge is 0.336 e. The summed E-state index contributed by atoms with van der Waals surface area (Å²) in [5.41, 5.74) is 8.07. The molecule has 0 fully saturated rings. The van der Waals surface area contributed by atoms with Gasteiger partial charge in [0.15, 0.2) is 0 Å². The number of aliphatic carboxylic acids is 1. The Hall–Kier alpha value is -4.05. The normalized spacial score (nSPS) is 11.7. The van der Waals surface area contributed by atoms with Gasteiger partial charge in [-0.3, -0.25) is 14.9 Å². The van der Waals surface area contributed by atoms with Gasteiger partial charge in [-0.15, -0.1) is 5.10 Å². The van der Waals surface area contributed by atoms with E-state index in [9.17, 15) is 19.5 Å². The molecule has 1 atom stereocenters. The lowest BCUT2D eigenvalue weighted by Gasteiger charge is -2.09. The van der Waals surface area contributed by atoms with Crippen molar-refractivity contribution in [1.29, 1.82) is 0 Å². The summed E-state index contributed by atoms with van der Waals surface area (Å²) in [5.74, 6) is -1.64. The van der Waals surface area contributed by atoms with Crippen LogP contribution < -0.4 is 11.1 Å². The van der Waals surface area contributed by atoms with E-state index in [-0.39, 0.29) is 24.4 Å². The van der Waals surface area contributed by atoms with Gasteiger partial charge in [-0.1, -0.05) is 55.8 Å². The number of unbranched alkanes of at least 4 members (excludes halogenated alkanes) is 1. The summed E-state index contributed by atoms with van der Waals surface area (Å²) < 4.78 is 1.73. The Kier molecular flexibility index (Phi) is 8.69. The third-order valence-electron chi connectivity index (χ3n) is 5.51. The molecule has 0 spiro atoms. The molecular formula is C25H29N5O5. The highest BCUT2D eigenvalue weighted by molar-refractivity contribution is 5.96. The fraction of sp³-hybridized carbons (Fsp3) is 0.320. The zero-order valence-corrected chi connectivity index (χ0v) is 19.5. The van der Waals surface area contributed by atoms with Crippen molar-refractivity contribution in [1.82, 2.24) is 14.8 Å². The van der Waals surface area contributed by atoms with Crippen LogP contribution in [-0.2, 0) is 22.6 Å². The molecule has 3 rings (SSSR count). The van der Waals surface area contributed by atoms with Crippen LogP contribution in [0.5, 0.6) is 0 Å². The zero-order chi connectivity index (χ0) is 25.4. The maximum Gasteiger partial charge on any atom is 0.336 e. The fourth-order valence-corrected chi connectivity index (χ4v) is 3.56. The molecule has 0 saturated carbocycles. The van der Waals surface area contributed by atoms with Crippen LogP contribution in [0, 0.1) is 0 Å². The highest BCUT2D eigenvalue weighted by Gasteiger charge is 2.16. The standard InChI is InChI=1S/C25H29N5O5/c1-2-3-8-21-27-25(28-22(31)14-13-20(26)24(34)35)29-30(21)15-16-9-11-17(12-10-16)18-6-4-5-7-19(18)23(32)33/h4-7,9-12,20H,2-3,8,13-15,26H2,1H3,(H,32,33)(H,34,35)(H,28,29,31). The second-order valence-corrected chi connectivity index (χ2v) is 8.19. The number of rotatable bonds is 12. The lowest BCUT2D eigenvalue weighted by atomic mass is 9.99. The number of carbonyl (C=O) groups excluding carboxylic acids is 1. The molecule has 0 aliphatic heterocycles. The molecule has 0 aliphatic rings. The minimum absolute atomic E-state index is 0.0158. The first kappa shape index (κ1) is 25.6. The largest absolute Gasteiger partial charge is 0.480 e. The SMILES string of the molecule is CCCCc1nc(NC(=O)CCC(N)C(=O)O)nn1Cc1ccc(-c2ccccc2C(=O)O)cc1. The van der Waals surface area contributed by atoms with Crippen LogP contribution in [0.2, 0.25) is 0 Å². The highest BCUT2D eigenvalue weighted by Crippen LogP contribution is 2.24. The Morgan fingerprint density at radius 3 is 2.46 bits per heavy atom. The number of hydrogen-bond acceptors (Lipinski definition) is 6. The van der Waals surface area contributed by atoms with Crippen LogP contribution in [0.1, 0.15) is 54.4 Å². The van der Waals surface area contributed by atoms with Crippen LogP contribution in [0.4, 0.5) is 5.95 Å². The van der Waals surface area contributed by atoms with Crippen molar-refractivity contribution in [2.45, 2.75) is 51.6 Å². The number of aryl methyl sites for hydroxylation is 1. The van der Waals surface area contributed by atoms with Crippen LogP contribution in [0.25, 0.3) is 11.1 Å².